The highest BCUT2D eigenvalue weighted by molar-refractivity contribution is 5.79. The first-order chi connectivity index (χ1) is 15.2. The first-order valence-corrected chi connectivity index (χ1v) is 11.7. The molecule has 162 valence electrons. The van der Waals surface area contributed by atoms with Gasteiger partial charge in [0.1, 0.15) is 5.82 Å². The summed E-state index contributed by atoms with van der Waals surface area (Å²) >= 11 is 0. The van der Waals surface area contributed by atoms with Crippen LogP contribution in [0.5, 0.6) is 0 Å². The third kappa shape index (κ3) is 4.38. The van der Waals surface area contributed by atoms with E-state index in [0.29, 0.717) is 5.91 Å². The van der Waals surface area contributed by atoms with Crippen LogP contribution in [0.25, 0.3) is 11.0 Å². The van der Waals surface area contributed by atoms with E-state index in [9.17, 15) is 4.79 Å². The standard InChI is InChI=1S/C26H32N4O/c1-20-7-6-8-21(17-20)18-30-24-12-5-4-11-23(24)27-25(30)19-28-13-15-29(16-14-28)26(31)22-9-2-3-10-22/h4-8,11-12,17,22H,2-3,9-10,13-16,18-19H2,1H3. The molecule has 1 saturated carbocycles. The Hall–Kier alpha value is -2.66. The quantitative estimate of drug-likeness (QED) is 0.625. The van der Waals surface area contributed by atoms with Crippen molar-refractivity contribution in [3.63, 3.8) is 0 Å². The first kappa shape index (κ1) is 20.3. The summed E-state index contributed by atoms with van der Waals surface area (Å²) in [6, 6.07) is 17.1. The molecule has 0 unspecified atom stereocenters. The van der Waals surface area contributed by atoms with Crippen molar-refractivity contribution >= 4 is 16.9 Å². The van der Waals surface area contributed by atoms with E-state index in [1.807, 2.05) is 0 Å². The average Bonchev–Trinajstić information content (AvgIpc) is 3.43. The number of hydrogen-bond donors (Lipinski definition) is 0. The zero-order valence-electron chi connectivity index (χ0n) is 18.5. The number of fused-ring (bicyclic) bond motifs is 1. The molecule has 2 aliphatic rings. The minimum absolute atomic E-state index is 0.282. The van der Waals surface area contributed by atoms with E-state index in [2.05, 4.69) is 69.8 Å². The van der Waals surface area contributed by atoms with Crippen LogP contribution in [0.1, 0.15) is 42.6 Å². The fraction of sp³-hybridized carbons (Fsp3) is 0.462. The smallest absolute Gasteiger partial charge is 0.225 e. The summed E-state index contributed by atoms with van der Waals surface area (Å²) < 4.78 is 2.36. The number of para-hydroxylation sites is 2. The molecule has 2 heterocycles. The molecule has 1 aromatic heterocycles. The number of aryl methyl sites for hydroxylation is 1. The van der Waals surface area contributed by atoms with Crippen LogP contribution in [-0.2, 0) is 17.9 Å². The summed E-state index contributed by atoms with van der Waals surface area (Å²) in [6.45, 7) is 7.32. The number of piperazine rings is 1. The van der Waals surface area contributed by atoms with Crippen molar-refractivity contribution in [1.29, 1.82) is 0 Å². The zero-order chi connectivity index (χ0) is 21.2. The van der Waals surface area contributed by atoms with Crippen molar-refractivity contribution in [3.8, 4) is 0 Å². The summed E-state index contributed by atoms with van der Waals surface area (Å²) in [5.41, 5.74) is 4.83. The third-order valence-electron chi connectivity index (χ3n) is 6.91. The maximum atomic E-state index is 12.8. The molecule has 1 amide bonds. The van der Waals surface area contributed by atoms with E-state index < -0.39 is 0 Å². The highest BCUT2D eigenvalue weighted by atomic mass is 16.2. The summed E-state index contributed by atoms with van der Waals surface area (Å²) in [4.78, 5) is 22.3. The van der Waals surface area contributed by atoms with E-state index in [0.717, 1.165) is 63.5 Å². The van der Waals surface area contributed by atoms with Gasteiger partial charge in [0.05, 0.1) is 17.6 Å². The molecule has 5 heteroatoms. The van der Waals surface area contributed by atoms with E-state index >= 15 is 0 Å². The number of amides is 1. The van der Waals surface area contributed by atoms with Gasteiger partial charge in [-0.1, -0.05) is 54.8 Å². The lowest BCUT2D eigenvalue weighted by Crippen LogP contribution is -2.49. The molecule has 1 aliphatic heterocycles. The van der Waals surface area contributed by atoms with Gasteiger partial charge in [-0.05, 0) is 37.5 Å². The SMILES string of the molecule is Cc1cccc(Cn2c(CN3CCN(C(=O)C4CCCC4)CC3)nc3ccccc32)c1. The molecule has 0 spiro atoms. The van der Waals surface area contributed by atoms with Crippen LogP contribution < -0.4 is 0 Å². The maximum absolute atomic E-state index is 12.8. The van der Waals surface area contributed by atoms with Gasteiger partial charge in [0, 0.05) is 38.6 Å². The van der Waals surface area contributed by atoms with E-state index in [1.54, 1.807) is 0 Å². The Morgan fingerprint density at radius 1 is 0.968 bits per heavy atom. The van der Waals surface area contributed by atoms with Gasteiger partial charge in [-0.15, -0.1) is 0 Å². The summed E-state index contributed by atoms with van der Waals surface area (Å²) in [5.74, 6) is 1.78. The lowest BCUT2D eigenvalue weighted by atomic mass is 10.1. The number of benzene rings is 2. The van der Waals surface area contributed by atoms with Crippen LogP contribution in [0.4, 0.5) is 0 Å². The van der Waals surface area contributed by atoms with Crippen molar-refractivity contribution in [1.82, 2.24) is 19.4 Å². The predicted octanol–water partition coefficient (Wildman–Crippen LogP) is 4.23. The Morgan fingerprint density at radius 2 is 1.74 bits per heavy atom. The van der Waals surface area contributed by atoms with Gasteiger partial charge in [-0.2, -0.15) is 0 Å². The van der Waals surface area contributed by atoms with Crippen LogP contribution in [0.3, 0.4) is 0 Å². The van der Waals surface area contributed by atoms with Crippen LogP contribution in [0.15, 0.2) is 48.5 Å². The molecule has 0 atom stereocenters. The second kappa shape index (κ2) is 8.83. The van der Waals surface area contributed by atoms with Gasteiger partial charge in [-0.25, -0.2) is 4.98 Å². The van der Waals surface area contributed by atoms with Gasteiger partial charge < -0.3 is 9.47 Å². The van der Waals surface area contributed by atoms with Gasteiger partial charge in [-0.3, -0.25) is 9.69 Å². The van der Waals surface area contributed by atoms with Crippen molar-refractivity contribution in [2.24, 2.45) is 5.92 Å². The number of carbonyl (C=O) groups is 1. The highest BCUT2D eigenvalue weighted by Gasteiger charge is 2.29. The molecule has 0 N–H and O–H groups in total. The average molecular weight is 417 g/mol. The summed E-state index contributed by atoms with van der Waals surface area (Å²) in [7, 11) is 0. The monoisotopic (exact) mass is 416 g/mol. The molecule has 1 aliphatic carbocycles. The lowest BCUT2D eigenvalue weighted by Gasteiger charge is -2.35. The number of rotatable bonds is 5. The Bertz CT molecular complexity index is 1060. The van der Waals surface area contributed by atoms with E-state index in [1.165, 1.54) is 29.5 Å². The molecule has 2 aromatic carbocycles. The second-order valence-corrected chi connectivity index (χ2v) is 9.17. The number of imidazole rings is 1. The van der Waals surface area contributed by atoms with Gasteiger partial charge >= 0.3 is 0 Å². The normalized spacial score (nSPS) is 18.2. The summed E-state index contributed by atoms with van der Waals surface area (Å²) in [5, 5.41) is 0. The summed E-state index contributed by atoms with van der Waals surface area (Å²) in [6.07, 6.45) is 4.60. The molecule has 5 rings (SSSR count). The van der Waals surface area contributed by atoms with Crippen molar-refractivity contribution in [2.75, 3.05) is 26.2 Å². The fourth-order valence-electron chi connectivity index (χ4n) is 5.17. The predicted molar refractivity (Wildman–Crippen MR) is 124 cm³/mol. The molecule has 1 saturated heterocycles. The maximum Gasteiger partial charge on any atom is 0.225 e. The third-order valence-corrected chi connectivity index (χ3v) is 6.91. The van der Waals surface area contributed by atoms with Crippen molar-refractivity contribution in [2.45, 2.75) is 45.7 Å². The number of nitrogens with zero attached hydrogens (tertiary/aromatic N) is 4. The second-order valence-electron chi connectivity index (χ2n) is 9.17. The van der Waals surface area contributed by atoms with Crippen molar-refractivity contribution < 1.29 is 4.79 Å². The van der Waals surface area contributed by atoms with E-state index in [-0.39, 0.29) is 5.92 Å². The minimum Gasteiger partial charge on any atom is -0.340 e. The van der Waals surface area contributed by atoms with Crippen LogP contribution in [-0.4, -0.2) is 51.4 Å². The Kier molecular flexibility index (Phi) is 5.77. The highest BCUT2D eigenvalue weighted by Crippen LogP contribution is 2.27. The van der Waals surface area contributed by atoms with Crippen molar-refractivity contribution in [3.05, 3.63) is 65.5 Å². The molecule has 0 bridgehead atoms. The molecule has 0 radical (unpaired) electrons. The molecule has 5 nitrogen and oxygen atoms in total. The molecular weight excluding hydrogens is 384 g/mol. The largest absolute Gasteiger partial charge is 0.340 e. The van der Waals surface area contributed by atoms with Gasteiger partial charge in [0.25, 0.3) is 0 Å². The van der Waals surface area contributed by atoms with Crippen LogP contribution in [0.2, 0.25) is 0 Å². The fourth-order valence-corrected chi connectivity index (χ4v) is 5.17. The van der Waals surface area contributed by atoms with Gasteiger partial charge in [0.15, 0.2) is 0 Å². The van der Waals surface area contributed by atoms with Gasteiger partial charge in [0.2, 0.25) is 5.91 Å². The topological polar surface area (TPSA) is 41.4 Å². The number of aromatic nitrogens is 2. The Morgan fingerprint density at radius 3 is 2.52 bits per heavy atom. The molecule has 31 heavy (non-hydrogen) atoms. The number of carbonyl (C=O) groups excluding carboxylic acids is 1. The first-order valence-electron chi connectivity index (χ1n) is 11.7. The number of hydrogen-bond acceptors (Lipinski definition) is 3. The zero-order valence-corrected chi connectivity index (χ0v) is 18.5. The Balaban J connectivity index is 1.31. The minimum atomic E-state index is 0.282. The van der Waals surface area contributed by atoms with E-state index in [4.69, 9.17) is 4.98 Å². The lowest BCUT2D eigenvalue weighted by molar-refractivity contribution is -0.137. The molecule has 2 fully saturated rings. The molecular formula is C26H32N4O. The van der Waals surface area contributed by atoms with Crippen LogP contribution in [0, 0.1) is 12.8 Å². The molecule has 3 aromatic rings. The van der Waals surface area contributed by atoms with Crippen LogP contribution >= 0.6 is 0 Å². The Labute approximate surface area is 184 Å².